The number of rotatable bonds is 14. The van der Waals surface area contributed by atoms with Crippen molar-refractivity contribution in [2.45, 2.75) is 38.3 Å². The van der Waals surface area contributed by atoms with E-state index >= 15 is 0 Å². The van der Waals surface area contributed by atoms with Crippen LogP contribution in [0.3, 0.4) is 0 Å². The largest absolute Gasteiger partial charge is 0.456 e. The van der Waals surface area contributed by atoms with Crippen LogP contribution in [0.15, 0.2) is 79.9 Å². The van der Waals surface area contributed by atoms with E-state index in [2.05, 4.69) is 23.8 Å². The molecule has 0 saturated heterocycles. The Hall–Kier alpha value is -3.38. The van der Waals surface area contributed by atoms with E-state index in [1.54, 1.807) is 24.3 Å². The van der Waals surface area contributed by atoms with Crippen LogP contribution in [-0.4, -0.2) is 24.3 Å². The number of halogens is 1. The van der Waals surface area contributed by atoms with Gasteiger partial charge in [0.15, 0.2) is 0 Å². The van der Waals surface area contributed by atoms with Gasteiger partial charge in [-0.05, 0) is 36.1 Å². The van der Waals surface area contributed by atoms with E-state index in [1.165, 1.54) is 0 Å². The monoisotopic (exact) mass is 482 g/mol. The van der Waals surface area contributed by atoms with E-state index in [-0.39, 0.29) is 37.2 Å². The van der Waals surface area contributed by atoms with Crippen molar-refractivity contribution in [3.63, 3.8) is 0 Å². The Balaban J connectivity index is 1.94. The fourth-order valence-corrected chi connectivity index (χ4v) is 3.38. The smallest absolute Gasteiger partial charge is 0.306 e. The normalized spacial score (nSPS) is 12.1. The van der Waals surface area contributed by atoms with Gasteiger partial charge < -0.3 is 15.4 Å². The fourth-order valence-electron chi connectivity index (χ4n) is 3.25. The van der Waals surface area contributed by atoms with Crippen molar-refractivity contribution < 1.29 is 19.1 Å². The van der Waals surface area contributed by atoms with E-state index in [9.17, 15) is 14.4 Å². The van der Waals surface area contributed by atoms with Crippen molar-refractivity contribution >= 4 is 29.4 Å². The van der Waals surface area contributed by atoms with Crippen LogP contribution < -0.4 is 10.6 Å². The standard InChI is InChI=1S/C27H31ClN2O4/c1-3-5-12-26(32)34-24(21-10-7-6-8-11-21)19-30-27(33)22(9-4-2)17-25(31)29-18-20-13-15-23(28)16-14-20/h3-4,6-8,10-11,13-16,22,24H,1-2,5,9,12,17-19H2,(H,29,31)(H,30,33)/t22?,24-/m0/s1. The summed E-state index contributed by atoms with van der Waals surface area (Å²) in [5.41, 5.74) is 1.68. The summed E-state index contributed by atoms with van der Waals surface area (Å²) < 4.78 is 5.60. The van der Waals surface area contributed by atoms with E-state index in [0.717, 1.165) is 11.1 Å². The first-order chi connectivity index (χ1) is 16.4. The van der Waals surface area contributed by atoms with Crippen LogP contribution in [-0.2, 0) is 25.7 Å². The van der Waals surface area contributed by atoms with Crippen LogP contribution in [0, 0.1) is 5.92 Å². The summed E-state index contributed by atoms with van der Waals surface area (Å²) in [5.74, 6) is -1.50. The zero-order valence-corrected chi connectivity index (χ0v) is 19.9. The third-order valence-electron chi connectivity index (χ3n) is 5.12. The summed E-state index contributed by atoms with van der Waals surface area (Å²) in [5, 5.41) is 6.28. The second kappa shape index (κ2) is 14.7. The molecule has 0 aliphatic heterocycles. The lowest BCUT2D eigenvalue weighted by Crippen LogP contribution is -2.37. The molecule has 0 heterocycles. The predicted octanol–water partition coefficient (Wildman–Crippen LogP) is 4.91. The van der Waals surface area contributed by atoms with Crippen molar-refractivity contribution in [2.24, 2.45) is 5.92 Å². The van der Waals surface area contributed by atoms with Crippen molar-refractivity contribution in [1.82, 2.24) is 10.6 Å². The molecule has 6 nitrogen and oxygen atoms in total. The van der Waals surface area contributed by atoms with Crippen LogP contribution in [0.4, 0.5) is 0 Å². The van der Waals surface area contributed by atoms with E-state index < -0.39 is 12.0 Å². The Morgan fingerprint density at radius 3 is 2.32 bits per heavy atom. The van der Waals surface area contributed by atoms with Gasteiger partial charge in [0.1, 0.15) is 6.10 Å². The van der Waals surface area contributed by atoms with Gasteiger partial charge in [-0.1, -0.05) is 66.2 Å². The highest BCUT2D eigenvalue weighted by Gasteiger charge is 2.23. The second-order valence-electron chi connectivity index (χ2n) is 7.79. The van der Waals surface area contributed by atoms with Crippen LogP contribution in [0.1, 0.15) is 42.9 Å². The molecule has 2 N–H and O–H groups in total. The molecular weight excluding hydrogens is 452 g/mol. The van der Waals surface area contributed by atoms with Crippen molar-refractivity contribution in [1.29, 1.82) is 0 Å². The van der Waals surface area contributed by atoms with Crippen LogP contribution >= 0.6 is 11.6 Å². The molecule has 0 aliphatic carbocycles. The average molecular weight is 483 g/mol. The number of esters is 1. The number of hydrogen-bond acceptors (Lipinski definition) is 4. The number of amides is 2. The van der Waals surface area contributed by atoms with Gasteiger partial charge in [-0.15, -0.1) is 13.2 Å². The molecule has 2 amide bonds. The van der Waals surface area contributed by atoms with Crippen molar-refractivity contribution in [3.8, 4) is 0 Å². The lowest BCUT2D eigenvalue weighted by atomic mass is 9.99. The zero-order chi connectivity index (χ0) is 24.8. The summed E-state index contributed by atoms with van der Waals surface area (Å²) >= 11 is 5.88. The molecule has 0 saturated carbocycles. The number of allylic oxidation sites excluding steroid dienone is 2. The van der Waals surface area contributed by atoms with Crippen molar-refractivity contribution in [2.75, 3.05) is 6.54 Å². The lowest BCUT2D eigenvalue weighted by Gasteiger charge is -2.21. The molecule has 0 spiro atoms. The molecule has 0 bridgehead atoms. The van der Waals surface area contributed by atoms with Gasteiger partial charge in [0.25, 0.3) is 0 Å². The summed E-state index contributed by atoms with van der Waals surface area (Å²) in [7, 11) is 0. The molecule has 180 valence electrons. The highest BCUT2D eigenvalue weighted by Crippen LogP contribution is 2.19. The Morgan fingerprint density at radius 1 is 0.971 bits per heavy atom. The Bertz CT molecular complexity index is 960. The van der Waals surface area contributed by atoms with Gasteiger partial charge >= 0.3 is 5.97 Å². The molecular formula is C27H31ClN2O4. The third-order valence-corrected chi connectivity index (χ3v) is 5.37. The highest BCUT2D eigenvalue weighted by molar-refractivity contribution is 6.30. The van der Waals surface area contributed by atoms with Gasteiger partial charge in [0.05, 0.1) is 12.5 Å². The minimum absolute atomic E-state index is 0.0145. The average Bonchev–Trinajstić information content (AvgIpc) is 2.85. The number of ether oxygens (including phenoxy) is 1. The molecule has 7 heteroatoms. The molecule has 34 heavy (non-hydrogen) atoms. The molecule has 2 rings (SSSR count). The van der Waals surface area contributed by atoms with E-state index in [1.807, 2.05) is 42.5 Å². The maximum absolute atomic E-state index is 12.9. The van der Waals surface area contributed by atoms with E-state index in [0.29, 0.717) is 24.4 Å². The summed E-state index contributed by atoms with van der Waals surface area (Å²) in [6.07, 6.45) is 3.72. The van der Waals surface area contributed by atoms with Gasteiger partial charge in [0.2, 0.25) is 11.8 Å². The minimum atomic E-state index is -0.634. The fraction of sp³-hybridized carbons (Fsp3) is 0.296. The summed E-state index contributed by atoms with van der Waals surface area (Å²) in [6, 6.07) is 16.4. The molecule has 0 radical (unpaired) electrons. The SMILES string of the molecule is C=CCCC(=O)O[C@@H](CNC(=O)C(CC=C)CC(=O)NCc1ccc(Cl)cc1)c1ccccc1. The third kappa shape index (κ3) is 9.63. The lowest BCUT2D eigenvalue weighted by molar-refractivity contribution is -0.150. The molecule has 0 aromatic heterocycles. The summed E-state index contributed by atoms with van der Waals surface area (Å²) in [6.45, 7) is 7.76. The predicted molar refractivity (Wildman–Crippen MR) is 134 cm³/mol. The first-order valence-corrected chi connectivity index (χ1v) is 11.6. The van der Waals surface area contributed by atoms with Crippen LogP contribution in [0.5, 0.6) is 0 Å². The van der Waals surface area contributed by atoms with Gasteiger partial charge in [-0.25, -0.2) is 0 Å². The minimum Gasteiger partial charge on any atom is -0.456 e. The Labute approximate surface area is 206 Å². The maximum atomic E-state index is 12.9. The topological polar surface area (TPSA) is 84.5 Å². The van der Waals surface area contributed by atoms with Gasteiger partial charge in [0, 0.05) is 24.4 Å². The van der Waals surface area contributed by atoms with Gasteiger partial charge in [-0.3, -0.25) is 14.4 Å². The second-order valence-corrected chi connectivity index (χ2v) is 8.23. The number of nitrogens with one attached hydrogen (secondary N) is 2. The number of carbonyl (C=O) groups is 3. The first kappa shape index (κ1) is 26.9. The quantitative estimate of drug-likeness (QED) is 0.296. The van der Waals surface area contributed by atoms with Crippen LogP contribution in [0.25, 0.3) is 0 Å². The number of hydrogen-bond donors (Lipinski definition) is 2. The number of benzene rings is 2. The number of carbonyl (C=O) groups excluding carboxylic acids is 3. The Kier molecular flexibility index (Phi) is 11.6. The van der Waals surface area contributed by atoms with Crippen LogP contribution in [0.2, 0.25) is 5.02 Å². The molecule has 2 atom stereocenters. The van der Waals surface area contributed by atoms with E-state index in [4.69, 9.17) is 16.3 Å². The maximum Gasteiger partial charge on any atom is 0.306 e. The zero-order valence-electron chi connectivity index (χ0n) is 19.2. The Morgan fingerprint density at radius 2 is 1.68 bits per heavy atom. The highest BCUT2D eigenvalue weighted by atomic mass is 35.5. The molecule has 1 unspecified atom stereocenters. The first-order valence-electron chi connectivity index (χ1n) is 11.2. The molecule has 2 aromatic rings. The molecule has 2 aromatic carbocycles. The summed E-state index contributed by atoms with van der Waals surface area (Å²) in [4.78, 5) is 37.5. The molecule has 0 fully saturated rings. The van der Waals surface area contributed by atoms with Crippen molar-refractivity contribution in [3.05, 3.63) is 96.1 Å². The van der Waals surface area contributed by atoms with Gasteiger partial charge in [-0.2, -0.15) is 0 Å². The molecule has 0 aliphatic rings.